The minimum absolute atomic E-state index is 0.214. The molecule has 2 rings (SSSR count). The second-order valence-corrected chi connectivity index (χ2v) is 4.96. The zero-order valence-electron chi connectivity index (χ0n) is 7.93. The van der Waals surface area contributed by atoms with Crippen molar-refractivity contribution in [1.82, 2.24) is 0 Å². The van der Waals surface area contributed by atoms with Crippen LogP contribution in [0.25, 0.3) is 0 Å². The molecule has 0 bridgehead atoms. The minimum Gasteiger partial charge on any atom is -0.385 e. The Balaban J connectivity index is 2.43. The second kappa shape index (κ2) is 3.31. The lowest BCUT2D eigenvalue weighted by Gasteiger charge is -2.24. The van der Waals surface area contributed by atoms with E-state index in [4.69, 9.17) is 0 Å². The van der Waals surface area contributed by atoms with Crippen molar-refractivity contribution in [3.05, 3.63) is 34.1 Å². The molecule has 1 aliphatic carbocycles. The predicted molar refractivity (Wildman–Crippen MR) is 56.4 cm³/mol. The van der Waals surface area contributed by atoms with Crippen LogP contribution in [-0.2, 0) is 5.60 Å². The number of halogens is 2. The fraction of sp³-hybridized carbons (Fsp3) is 0.455. The highest BCUT2D eigenvalue weighted by Gasteiger charge is 2.42. The summed E-state index contributed by atoms with van der Waals surface area (Å²) in [5.41, 5.74) is -0.622. The first-order valence-corrected chi connectivity index (χ1v) is 5.49. The van der Waals surface area contributed by atoms with Gasteiger partial charge < -0.3 is 5.11 Å². The summed E-state index contributed by atoms with van der Waals surface area (Å²) < 4.78 is 14.3. The van der Waals surface area contributed by atoms with Crippen molar-refractivity contribution in [1.29, 1.82) is 0 Å². The number of hydrogen-bond donors (Lipinski definition) is 1. The number of benzene rings is 1. The van der Waals surface area contributed by atoms with Gasteiger partial charge in [-0.25, -0.2) is 4.39 Å². The van der Waals surface area contributed by atoms with Gasteiger partial charge in [-0.1, -0.05) is 15.9 Å². The van der Waals surface area contributed by atoms with Crippen LogP contribution in [0.5, 0.6) is 0 Å². The molecule has 1 N–H and O–H groups in total. The van der Waals surface area contributed by atoms with Crippen LogP contribution in [0.2, 0.25) is 0 Å². The minimum atomic E-state index is -1.02. The highest BCUT2D eigenvalue weighted by molar-refractivity contribution is 9.10. The molecule has 1 aliphatic rings. The number of aliphatic hydroxyl groups is 1. The molecule has 0 amide bonds. The van der Waals surface area contributed by atoms with E-state index in [9.17, 15) is 9.50 Å². The average Bonchev–Trinajstić information content (AvgIpc) is 2.91. The van der Waals surface area contributed by atoms with Gasteiger partial charge in [-0.15, -0.1) is 0 Å². The molecule has 0 aromatic heterocycles. The van der Waals surface area contributed by atoms with Crippen LogP contribution in [0, 0.1) is 11.7 Å². The van der Waals surface area contributed by atoms with Gasteiger partial charge in [0.15, 0.2) is 0 Å². The lowest BCUT2D eigenvalue weighted by atomic mass is 9.90. The van der Waals surface area contributed by atoms with Crippen LogP contribution >= 0.6 is 15.9 Å². The summed E-state index contributed by atoms with van der Waals surface area (Å²) >= 11 is 3.28. The Morgan fingerprint density at radius 2 is 2.14 bits per heavy atom. The Labute approximate surface area is 91.1 Å². The molecule has 1 fully saturated rings. The summed E-state index contributed by atoms with van der Waals surface area (Å²) in [6.07, 6.45) is 1.97. The molecule has 0 aliphatic heterocycles. The molecule has 0 saturated heterocycles. The van der Waals surface area contributed by atoms with Gasteiger partial charge in [-0.2, -0.15) is 0 Å². The Morgan fingerprint density at radius 1 is 1.50 bits per heavy atom. The lowest BCUT2D eigenvalue weighted by molar-refractivity contribution is 0.0294. The van der Waals surface area contributed by atoms with E-state index in [0.717, 1.165) is 17.3 Å². The molecule has 3 heteroatoms. The molecule has 1 saturated carbocycles. The standard InChI is InChI=1S/C11H12BrFO/c1-11(14,7-2-3-7)9-6-8(12)4-5-10(9)13/h4-7,14H,2-3H2,1H3. The molecule has 14 heavy (non-hydrogen) atoms. The van der Waals surface area contributed by atoms with Crippen LogP contribution in [0.4, 0.5) is 4.39 Å². The smallest absolute Gasteiger partial charge is 0.129 e. The van der Waals surface area contributed by atoms with E-state index in [1.54, 1.807) is 19.1 Å². The van der Waals surface area contributed by atoms with E-state index >= 15 is 0 Å². The van der Waals surface area contributed by atoms with Gasteiger partial charge in [0.2, 0.25) is 0 Å². The maximum atomic E-state index is 13.5. The quantitative estimate of drug-likeness (QED) is 0.864. The zero-order valence-corrected chi connectivity index (χ0v) is 9.51. The average molecular weight is 259 g/mol. The van der Waals surface area contributed by atoms with E-state index < -0.39 is 5.60 Å². The molecule has 1 unspecified atom stereocenters. The van der Waals surface area contributed by atoms with Crippen molar-refractivity contribution < 1.29 is 9.50 Å². The Kier molecular flexibility index (Phi) is 2.40. The molecular formula is C11H12BrFO. The summed E-state index contributed by atoms with van der Waals surface area (Å²) in [7, 11) is 0. The van der Waals surface area contributed by atoms with Gasteiger partial charge >= 0.3 is 0 Å². The Bertz CT molecular complexity index is 358. The summed E-state index contributed by atoms with van der Waals surface area (Å²) in [6.45, 7) is 1.69. The molecule has 1 nitrogen and oxygen atoms in total. The molecule has 1 atom stereocenters. The van der Waals surface area contributed by atoms with E-state index in [0.29, 0.717) is 5.56 Å². The van der Waals surface area contributed by atoms with Gasteiger partial charge in [-0.3, -0.25) is 0 Å². The van der Waals surface area contributed by atoms with Gasteiger partial charge in [-0.05, 0) is 43.9 Å². The van der Waals surface area contributed by atoms with Crippen LogP contribution in [0.3, 0.4) is 0 Å². The van der Waals surface area contributed by atoms with E-state index in [-0.39, 0.29) is 11.7 Å². The summed E-state index contributed by atoms with van der Waals surface area (Å²) in [6, 6.07) is 4.69. The third-order valence-electron chi connectivity index (χ3n) is 2.85. The Hall–Kier alpha value is -0.410. The fourth-order valence-electron chi connectivity index (χ4n) is 1.75. The van der Waals surface area contributed by atoms with Gasteiger partial charge in [0.05, 0.1) is 5.60 Å². The van der Waals surface area contributed by atoms with Crippen molar-refractivity contribution in [2.45, 2.75) is 25.4 Å². The maximum Gasteiger partial charge on any atom is 0.129 e. The number of hydrogen-bond acceptors (Lipinski definition) is 1. The molecular weight excluding hydrogens is 247 g/mol. The van der Waals surface area contributed by atoms with Crippen molar-refractivity contribution in [2.24, 2.45) is 5.92 Å². The largest absolute Gasteiger partial charge is 0.385 e. The fourth-order valence-corrected chi connectivity index (χ4v) is 2.11. The van der Waals surface area contributed by atoms with E-state index in [2.05, 4.69) is 15.9 Å². The van der Waals surface area contributed by atoms with Crippen molar-refractivity contribution in [2.75, 3.05) is 0 Å². The van der Waals surface area contributed by atoms with Gasteiger partial charge in [0.25, 0.3) is 0 Å². The number of rotatable bonds is 2. The maximum absolute atomic E-state index is 13.5. The van der Waals surface area contributed by atoms with Crippen molar-refractivity contribution >= 4 is 15.9 Å². The third kappa shape index (κ3) is 1.71. The van der Waals surface area contributed by atoms with E-state index in [1.165, 1.54) is 6.07 Å². The highest BCUT2D eigenvalue weighted by atomic mass is 79.9. The highest BCUT2D eigenvalue weighted by Crippen LogP contribution is 2.46. The summed E-state index contributed by atoms with van der Waals surface area (Å²) in [5.74, 6) is -0.114. The van der Waals surface area contributed by atoms with Crippen molar-refractivity contribution in [3.63, 3.8) is 0 Å². The van der Waals surface area contributed by atoms with Crippen LogP contribution in [0.1, 0.15) is 25.3 Å². The molecule has 1 aromatic rings. The Morgan fingerprint density at radius 3 is 2.71 bits per heavy atom. The van der Waals surface area contributed by atoms with Crippen LogP contribution in [0.15, 0.2) is 22.7 Å². The second-order valence-electron chi connectivity index (χ2n) is 4.05. The first-order valence-electron chi connectivity index (χ1n) is 4.69. The third-order valence-corrected chi connectivity index (χ3v) is 3.34. The molecule has 0 spiro atoms. The van der Waals surface area contributed by atoms with Crippen LogP contribution in [-0.4, -0.2) is 5.11 Å². The molecule has 0 radical (unpaired) electrons. The lowest BCUT2D eigenvalue weighted by Crippen LogP contribution is -2.25. The first-order chi connectivity index (χ1) is 6.51. The SMILES string of the molecule is CC(O)(c1cc(Br)ccc1F)C1CC1. The predicted octanol–water partition coefficient (Wildman–Crippen LogP) is 3.21. The summed E-state index contributed by atoms with van der Waals surface area (Å²) in [4.78, 5) is 0. The normalized spacial score (nSPS) is 20.6. The van der Waals surface area contributed by atoms with Crippen molar-refractivity contribution in [3.8, 4) is 0 Å². The van der Waals surface area contributed by atoms with E-state index in [1.807, 2.05) is 0 Å². The molecule has 1 aromatic carbocycles. The monoisotopic (exact) mass is 258 g/mol. The van der Waals surface area contributed by atoms with Crippen LogP contribution < -0.4 is 0 Å². The molecule has 0 heterocycles. The summed E-state index contributed by atoms with van der Waals surface area (Å²) in [5, 5.41) is 10.2. The van der Waals surface area contributed by atoms with Gasteiger partial charge in [0.1, 0.15) is 5.82 Å². The molecule has 76 valence electrons. The first kappa shape index (κ1) is 10.1. The topological polar surface area (TPSA) is 20.2 Å². The zero-order chi connectivity index (χ0) is 10.3. The van der Waals surface area contributed by atoms with Gasteiger partial charge in [0, 0.05) is 10.0 Å².